The lowest BCUT2D eigenvalue weighted by atomic mass is 10.1. The molecule has 0 spiro atoms. The number of hydrogen-bond acceptors (Lipinski definition) is 8. The van der Waals surface area contributed by atoms with E-state index < -0.39 is 0 Å². The molecule has 9 heteroatoms. The molecule has 0 saturated carbocycles. The van der Waals surface area contributed by atoms with Gasteiger partial charge in [-0.1, -0.05) is 0 Å². The fourth-order valence-electron chi connectivity index (χ4n) is 4.16. The Kier molecular flexibility index (Phi) is 6.94. The lowest BCUT2D eigenvalue weighted by Gasteiger charge is -2.21. The summed E-state index contributed by atoms with van der Waals surface area (Å²) in [5.74, 6) is 2.49. The smallest absolute Gasteiger partial charge is 0.256 e. The number of nitrogens with one attached hydrogen (secondary N) is 1. The summed E-state index contributed by atoms with van der Waals surface area (Å²) >= 11 is 0. The zero-order valence-corrected chi connectivity index (χ0v) is 18.8. The van der Waals surface area contributed by atoms with Crippen molar-refractivity contribution in [3.63, 3.8) is 0 Å². The van der Waals surface area contributed by atoms with Crippen molar-refractivity contribution < 1.29 is 23.7 Å². The fourth-order valence-corrected chi connectivity index (χ4v) is 4.16. The van der Waals surface area contributed by atoms with Gasteiger partial charge < -0.3 is 29.2 Å². The maximum Gasteiger partial charge on any atom is 0.256 e. The lowest BCUT2D eigenvalue weighted by Crippen LogP contribution is -2.33. The van der Waals surface area contributed by atoms with Crippen LogP contribution in [0.25, 0.3) is 11.4 Å². The molecule has 3 heterocycles. The van der Waals surface area contributed by atoms with E-state index in [1.54, 1.807) is 27.5 Å². The molecule has 1 N–H and O–H groups in total. The predicted molar refractivity (Wildman–Crippen MR) is 120 cm³/mol. The molecular formula is C23H30N4O5. The number of benzene rings is 1. The van der Waals surface area contributed by atoms with Crippen LogP contribution in [0.2, 0.25) is 0 Å². The summed E-state index contributed by atoms with van der Waals surface area (Å²) in [6.45, 7) is 2.97. The SMILES string of the molecule is COc1cc(-c2ncc(C(=O)NCC3CCCO3)c(N3CCCC3)n2)cc(OC)c1OC. The highest BCUT2D eigenvalue weighted by Crippen LogP contribution is 2.40. The quantitative estimate of drug-likeness (QED) is 0.667. The fraction of sp³-hybridized carbons (Fsp3) is 0.522. The lowest BCUT2D eigenvalue weighted by molar-refractivity contribution is 0.0857. The highest BCUT2D eigenvalue weighted by atomic mass is 16.5. The molecule has 1 amide bonds. The van der Waals surface area contributed by atoms with E-state index in [-0.39, 0.29) is 12.0 Å². The van der Waals surface area contributed by atoms with Gasteiger partial charge in [0.1, 0.15) is 11.4 Å². The van der Waals surface area contributed by atoms with Crippen molar-refractivity contribution in [3.8, 4) is 28.6 Å². The van der Waals surface area contributed by atoms with Gasteiger partial charge >= 0.3 is 0 Å². The average molecular weight is 443 g/mol. The van der Waals surface area contributed by atoms with Crippen molar-refractivity contribution >= 4 is 11.7 Å². The van der Waals surface area contributed by atoms with Gasteiger partial charge in [0.25, 0.3) is 5.91 Å². The molecular weight excluding hydrogens is 412 g/mol. The third-order valence-corrected chi connectivity index (χ3v) is 5.86. The van der Waals surface area contributed by atoms with Crippen LogP contribution in [0.5, 0.6) is 17.2 Å². The van der Waals surface area contributed by atoms with Gasteiger partial charge in [0.05, 0.1) is 27.4 Å². The van der Waals surface area contributed by atoms with E-state index >= 15 is 0 Å². The minimum atomic E-state index is -0.182. The van der Waals surface area contributed by atoms with Crippen LogP contribution in [0.4, 0.5) is 5.82 Å². The van der Waals surface area contributed by atoms with Gasteiger partial charge in [0.2, 0.25) is 5.75 Å². The van der Waals surface area contributed by atoms with Gasteiger partial charge in [-0.15, -0.1) is 0 Å². The average Bonchev–Trinajstić information content (AvgIpc) is 3.55. The first-order valence-electron chi connectivity index (χ1n) is 11.0. The van der Waals surface area contributed by atoms with Crippen LogP contribution in [0.15, 0.2) is 18.3 Å². The molecule has 2 aliphatic rings. The Labute approximate surface area is 188 Å². The first kappa shape index (κ1) is 22.1. The summed E-state index contributed by atoms with van der Waals surface area (Å²) in [6.07, 6.45) is 5.82. The van der Waals surface area contributed by atoms with Crippen LogP contribution >= 0.6 is 0 Å². The Bertz CT molecular complexity index is 930. The number of carbonyl (C=O) groups excluding carboxylic acids is 1. The van der Waals surface area contributed by atoms with Crippen LogP contribution in [-0.2, 0) is 4.74 Å². The minimum Gasteiger partial charge on any atom is -0.493 e. The molecule has 1 unspecified atom stereocenters. The van der Waals surface area contributed by atoms with E-state index in [0.717, 1.165) is 45.4 Å². The second-order valence-corrected chi connectivity index (χ2v) is 7.88. The van der Waals surface area contributed by atoms with E-state index in [1.807, 2.05) is 12.1 Å². The zero-order chi connectivity index (χ0) is 22.5. The van der Waals surface area contributed by atoms with Crippen LogP contribution in [-0.4, -0.2) is 69.5 Å². The third kappa shape index (κ3) is 4.57. The number of amides is 1. The summed E-state index contributed by atoms with van der Waals surface area (Å²) in [5.41, 5.74) is 1.19. The zero-order valence-electron chi connectivity index (χ0n) is 18.8. The predicted octanol–water partition coefficient (Wildman–Crippen LogP) is 2.68. The molecule has 2 aromatic rings. The second kappa shape index (κ2) is 10.0. The standard InChI is InChI=1S/C23H30N4O5/c1-29-18-11-15(12-19(30-2)20(18)31-3)21-24-14-17(22(26-21)27-8-4-5-9-27)23(28)25-13-16-7-6-10-32-16/h11-12,14,16H,4-10,13H2,1-3H3,(H,25,28). The highest BCUT2D eigenvalue weighted by molar-refractivity contribution is 5.99. The van der Waals surface area contributed by atoms with Crippen LogP contribution in [0.3, 0.4) is 0 Å². The summed E-state index contributed by atoms with van der Waals surface area (Å²) in [5, 5.41) is 2.99. The number of carbonyl (C=O) groups is 1. The minimum absolute atomic E-state index is 0.0774. The molecule has 1 aromatic carbocycles. The molecule has 2 aliphatic heterocycles. The summed E-state index contributed by atoms with van der Waals surface area (Å²) in [7, 11) is 4.70. The number of hydrogen-bond donors (Lipinski definition) is 1. The van der Waals surface area contributed by atoms with Crippen LogP contribution in [0, 0.1) is 0 Å². The molecule has 2 saturated heterocycles. The van der Waals surface area contributed by atoms with E-state index in [0.29, 0.717) is 46.6 Å². The van der Waals surface area contributed by atoms with Gasteiger partial charge in [-0.05, 0) is 37.8 Å². The molecule has 2 fully saturated rings. The van der Waals surface area contributed by atoms with Crippen molar-refractivity contribution in [2.24, 2.45) is 0 Å². The van der Waals surface area contributed by atoms with E-state index in [2.05, 4.69) is 15.2 Å². The Morgan fingerprint density at radius 1 is 1.12 bits per heavy atom. The maximum absolute atomic E-state index is 13.0. The Balaban J connectivity index is 1.67. The molecule has 0 aliphatic carbocycles. The van der Waals surface area contributed by atoms with E-state index in [9.17, 15) is 4.79 Å². The Morgan fingerprint density at radius 2 is 1.84 bits per heavy atom. The van der Waals surface area contributed by atoms with Crippen molar-refractivity contribution in [2.75, 3.05) is 52.5 Å². The van der Waals surface area contributed by atoms with Gasteiger partial charge in [0.15, 0.2) is 17.3 Å². The Hall–Kier alpha value is -3.07. The number of anilines is 1. The summed E-state index contributed by atoms with van der Waals surface area (Å²) < 4.78 is 22.0. The number of ether oxygens (including phenoxy) is 4. The number of methoxy groups -OCH3 is 3. The number of nitrogens with zero attached hydrogens (tertiary/aromatic N) is 3. The van der Waals surface area contributed by atoms with E-state index in [1.165, 1.54) is 0 Å². The van der Waals surface area contributed by atoms with Crippen molar-refractivity contribution in [1.82, 2.24) is 15.3 Å². The second-order valence-electron chi connectivity index (χ2n) is 7.88. The maximum atomic E-state index is 13.0. The molecule has 0 radical (unpaired) electrons. The monoisotopic (exact) mass is 442 g/mol. The van der Waals surface area contributed by atoms with Crippen molar-refractivity contribution in [1.29, 1.82) is 0 Å². The van der Waals surface area contributed by atoms with Gasteiger partial charge in [0, 0.05) is 38.0 Å². The Morgan fingerprint density at radius 3 is 2.44 bits per heavy atom. The highest BCUT2D eigenvalue weighted by Gasteiger charge is 2.25. The first-order valence-corrected chi connectivity index (χ1v) is 11.0. The molecule has 172 valence electrons. The molecule has 32 heavy (non-hydrogen) atoms. The molecule has 0 bridgehead atoms. The number of rotatable bonds is 8. The van der Waals surface area contributed by atoms with Crippen LogP contribution < -0.4 is 24.4 Å². The molecule has 1 aromatic heterocycles. The van der Waals surface area contributed by atoms with Gasteiger partial charge in [-0.2, -0.15) is 0 Å². The first-order chi connectivity index (χ1) is 15.6. The topological polar surface area (TPSA) is 95.0 Å². The van der Waals surface area contributed by atoms with Crippen molar-refractivity contribution in [2.45, 2.75) is 31.8 Å². The summed E-state index contributed by atoms with van der Waals surface area (Å²) in [6, 6.07) is 3.61. The third-order valence-electron chi connectivity index (χ3n) is 5.86. The molecule has 1 atom stereocenters. The van der Waals surface area contributed by atoms with Crippen LogP contribution in [0.1, 0.15) is 36.0 Å². The number of aromatic nitrogens is 2. The van der Waals surface area contributed by atoms with Gasteiger partial charge in [-0.3, -0.25) is 4.79 Å². The normalized spacial score (nSPS) is 18.0. The molecule has 4 rings (SSSR count). The largest absolute Gasteiger partial charge is 0.493 e. The van der Waals surface area contributed by atoms with Gasteiger partial charge in [-0.25, -0.2) is 9.97 Å². The van der Waals surface area contributed by atoms with Crippen molar-refractivity contribution in [3.05, 3.63) is 23.9 Å². The summed E-state index contributed by atoms with van der Waals surface area (Å²) in [4.78, 5) is 24.4. The van der Waals surface area contributed by atoms with E-state index in [4.69, 9.17) is 23.9 Å². The molecule has 9 nitrogen and oxygen atoms in total.